The molecule has 0 aliphatic rings. The molecule has 0 saturated heterocycles. The fourth-order valence-electron chi connectivity index (χ4n) is 1.78. The Morgan fingerprint density at radius 1 is 1.10 bits per heavy atom. The normalized spacial score (nSPS) is 11.2. The molecule has 1 N–H and O–H groups in total. The zero-order chi connectivity index (χ0) is 15.2. The van der Waals surface area contributed by atoms with Gasteiger partial charge in [-0.25, -0.2) is 0 Å². The van der Waals surface area contributed by atoms with E-state index in [1.165, 1.54) is 12.1 Å². The molecule has 2 aromatic rings. The molecule has 2 aromatic carbocycles. The molecule has 5 heteroatoms. The molecular formula is C16H11ClN2O2. The summed E-state index contributed by atoms with van der Waals surface area (Å²) in [6.45, 7) is 0. The van der Waals surface area contributed by atoms with Crippen molar-refractivity contribution < 1.29 is 9.59 Å². The Hall–Kier alpha value is -2.64. The first kappa shape index (κ1) is 14.8. The smallest absolute Gasteiger partial charge is 0.249 e. The van der Waals surface area contributed by atoms with Crippen molar-refractivity contribution in [3.8, 4) is 6.07 Å². The number of ketones is 1. The molecule has 0 fully saturated rings. The van der Waals surface area contributed by atoms with E-state index in [4.69, 9.17) is 16.9 Å². The van der Waals surface area contributed by atoms with Crippen molar-refractivity contribution in [2.45, 2.75) is 0 Å². The molecule has 1 amide bonds. The highest BCUT2D eigenvalue weighted by Crippen LogP contribution is 2.16. The van der Waals surface area contributed by atoms with Crippen LogP contribution in [0.3, 0.4) is 0 Å². The van der Waals surface area contributed by atoms with Gasteiger partial charge in [-0.2, -0.15) is 5.26 Å². The third kappa shape index (κ3) is 3.68. The van der Waals surface area contributed by atoms with Crippen LogP contribution < -0.4 is 5.32 Å². The molecule has 0 heterocycles. The van der Waals surface area contributed by atoms with Crippen LogP contribution in [0.5, 0.6) is 0 Å². The van der Waals surface area contributed by atoms with E-state index in [1.807, 2.05) is 0 Å². The van der Waals surface area contributed by atoms with Crippen molar-refractivity contribution in [2.75, 3.05) is 5.32 Å². The van der Waals surface area contributed by atoms with E-state index in [9.17, 15) is 9.59 Å². The van der Waals surface area contributed by atoms with Gasteiger partial charge in [0.25, 0.3) is 0 Å². The third-order valence-corrected chi connectivity index (χ3v) is 3.04. The molecule has 0 aliphatic carbocycles. The van der Waals surface area contributed by atoms with Crippen LogP contribution in [0.25, 0.3) is 0 Å². The van der Waals surface area contributed by atoms with Crippen LogP contribution in [0.1, 0.15) is 10.4 Å². The molecule has 2 rings (SSSR count). The van der Waals surface area contributed by atoms with Crippen LogP contribution in [0.2, 0.25) is 5.02 Å². The van der Waals surface area contributed by atoms with Crippen LogP contribution in [0.15, 0.2) is 54.6 Å². The SMILES string of the molecule is N#CC(C(=O)Nc1ccccc1)C(=O)c1cccc(Cl)c1. The minimum absolute atomic E-state index is 0.234. The number of amides is 1. The van der Waals surface area contributed by atoms with Crippen LogP contribution >= 0.6 is 11.6 Å². The first-order chi connectivity index (χ1) is 10.1. The maximum Gasteiger partial charge on any atom is 0.249 e. The maximum atomic E-state index is 12.2. The maximum absolute atomic E-state index is 12.2. The van der Waals surface area contributed by atoms with Gasteiger partial charge in [-0.15, -0.1) is 0 Å². The summed E-state index contributed by atoms with van der Waals surface area (Å²) in [7, 11) is 0. The van der Waals surface area contributed by atoms with Gasteiger partial charge in [0, 0.05) is 16.3 Å². The zero-order valence-corrected chi connectivity index (χ0v) is 11.7. The average molecular weight is 299 g/mol. The first-order valence-corrected chi connectivity index (χ1v) is 6.55. The summed E-state index contributed by atoms with van der Waals surface area (Å²) in [5, 5.41) is 12.0. The van der Waals surface area contributed by atoms with E-state index in [0.717, 1.165) is 0 Å². The van der Waals surface area contributed by atoms with Gasteiger partial charge in [0.1, 0.15) is 0 Å². The lowest BCUT2D eigenvalue weighted by Gasteiger charge is -2.09. The Morgan fingerprint density at radius 2 is 1.81 bits per heavy atom. The molecule has 0 spiro atoms. The molecule has 104 valence electrons. The number of Topliss-reactive ketones (excluding diaryl/α,β-unsaturated/α-hetero) is 1. The van der Waals surface area contributed by atoms with E-state index < -0.39 is 17.6 Å². The van der Waals surface area contributed by atoms with Gasteiger partial charge < -0.3 is 5.32 Å². The van der Waals surface area contributed by atoms with Crippen LogP contribution in [0.4, 0.5) is 5.69 Å². The lowest BCUT2D eigenvalue weighted by atomic mass is 9.98. The first-order valence-electron chi connectivity index (χ1n) is 6.17. The highest BCUT2D eigenvalue weighted by atomic mass is 35.5. The molecule has 0 radical (unpaired) electrons. The summed E-state index contributed by atoms with van der Waals surface area (Å²) in [4.78, 5) is 24.3. The van der Waals surface area contributed by atoms with E-state index in [2.05, 4.69) is 5.32 Å². The van der Waals surface area contributed by atoms with Crippen LogP contribution in [-0.4, -0.2) is 11.7 Å². The third-order valence-electron chi connectivity index (χ3n) is 2.80. The fraction of sp³-hybridized carbons (Fsp3) is 0.0625. The number of carbonyl (C=O) groups excluding carboxylic acids is 2. The van der Waals surface area contributed by atoms with Crippen LogP contribution in [-0.2, 0) is 4.79 Å². The molecule has 1 atom stereocenters. The Kier molecular flexibility index (Phi) is 4.70. The predicted molar refractivity (Wildman–Crippen MR) is 80.0 cm³/mol. The molecule has 1 unspecified atom stereocenters. The number of nitrogens with one attached hydrogen (secondary N) is 1. The van der Waals surface area contributed by atoms with Crippen molar-refractivity contribution in [1.82, 2.24) is 0 Å². The van der Waals surface area contributed by atoms with Gasteiger partial charge in [0.2, 0.25) is 5.91 Å². The molecule has 0 aliphatic heterocycles. The monoisotopic (exact) mass is 298 g/mol. The second-order valence-electron chi connectivity index (χ2n) is 4.29. The number of halogens is 1. The molecule has 0 saturated carbocycles. The number of benzene rings is 2. The summed E-state index contributed by atoms with van der Waals surface area (Å²) in [5.41, 5.74) is 0.763. The quantitative estimate of drug-likeness (QED) is 0.695. The summed E-state index contributed by atoms with van der Waals surface area (Å²) in [5.74, 6) is -2.65. The van der Waals surface area contributed by atoms with Gasteiger partial charge in [-0.05, 0) is 24.3 Å². The minimum Gasteiger partial charge on any atom is -0.325 e. The Bertz CT molecular complexity index is 708. The van der Waals surface area contributed by atoms with Crippen molar-refractivity contribution >= 4 is 29.0 Å². The highest BCUT2D eigenvalue weighted by Gasteiger charge is 2.27. The van der Waals surface area contributed by atoms with Crippen molar-refractivity contribution in [3.05, 3.63) is 65.2 Å². The summed E-state index contributed by atoms with van der Waals surface area (Å²) in [6.07, 6.45) is 0. The number of para-hydroxylation sites is 1. The Labute approximate surface area is 127 Å². The topological polar surface area (TPSA) is 70.0 Å². The lowest BCUT2D eigenvalue weighted by molar-refractivity contribution is -0.117. The average Bonchev–Trinajstić information content (AvgIpc) is 2.49. The van der Waals surface area contributed by atoms with E-state index in [1.54, 1.807) is 48.5 Å². The highest BCUT2D eigenvalue weighted by molar-refractivity contribution is 6.31. The minimum atomic E-state index is -1.41. The van der Waals surface area contributed by atoms with Crippen molar-refractivity contribution in [1.29, 1.82) is 5.26 Å². The molecule has 0 bridgehead atoms. The second kappa shape index (κ2) is 6.69. The van der Waals surface area contributed by atoms with Crippen molar-refractivity contribution in [2.24, 2.45) is 5.92 Å². The predicted octanol–water partition coefficient (Wildman–Crippen LogP) is 3.30. The van der Waals surface area contributed by atoms with E-state index in [0.29, 0.717) is 10.7 Å². The van der Waals surface area contributed by atoms with Crippen LogP contribution in [0, 0.1) is 17.2 Å². The van der Waals surface area contributed by atoms with Gasteiger partial charge in [-0.1, -0.05) is 41.9 Å². The number of anilines is 1. The van der Waals surface area contributed by atoms with Crippen molar-refractivity contribution in [3.63, 3.8) is 0 Å². The summed E-state index contributed by atoms with van der Waals surface area (Å²) < 4.78 is 0. The molecular weight excluding hydrogens is 288 g/mol. The van der Waals surface area contributed by atoms with Gasteiger partial charge in [0.15, 0.2) is 11.7 Å². The van der Waals surface area contributed by atoms with Gasteiger partial charge >= 0.3 is 0 Å². The largest absolute Gasteiger partial charge is 0.325 e. The number of hydrogen-bond donors (Lipinski definition) is 1. The molecule has 0 aromatic heterocycles. The number of carbonyl (C=O) groups is 2. The second-order valence-corrected chi connectivity index (χ2v) is 4.73. The zero-order valence-electron chi connectivity index (χ0n) is 10.9. The standard InChI is InChI=1S/C16H11ClN2O2/c17-12-6-4-5-11(9-12)15(20)14(10-18)16(21)19-13-7-2-1-3-8-13/h1-9,14H,(H,19,21). The Morgan fingerprint density at radius 3 is 2.43 bits per heavy atom. The number of hydrogen-bond acceptors (Lipinski definition) is 3. The molecule has 21 heavy (non-hydrogen) atoms. The molecule has 4 nitrogen and oxygen atoms in total. The van der Waals surface area contributed by atoms with E-state index in [-0.39, 0.29) is 5.56 Å². The lowest BCUT2D eigenvalue weighted by Crippen LogP contribution is -2.28. The number of nitriles is 1. The van der Waals surface area contributed by atoms with Gasteiger partial charge in [0.05, 0.1) is 6.07 Å². The Balaban J connectivity index is 2.18. The van der Waals surface area contributed by atoms with E-state index >= 15 is 0 Å². The summed E-state index contributed by atoms with van der Waals surface area (Å²) >= 11 is 5.81. The summed E-state index contributed by atoms with van der Waals surface area (Å²) in [6, 6.07) is 16.5. The number of nitrogens with zero attached hydrogens (tertiary/aromatic N) is 1. The number of rotatable bonds is 4. The van der Waals surface area contributed by atoms with Gasteiger partial charge in [-0.3, -0.25) is 9.59 Å². The fourth-order valence-corrected chi connectivity index (χ4v) is 1.97.